The van der Waals surface area contributed by atoms with E-state index in [0.717, 1.165) is 30.6 Å². The molecule has 1 N–H and O–H groups in total. The molecule has 0 aliphatic heterocycles. The van der Waals surface area contributed by atoms with Gasteiger partial charge in [-0.3, -0.25) is 0 Å². The molecule has 0 atom stereocenters. The minimum atomic E-state index is 0.173. The van der Waals surface area contributed by atoms with Crippen LogP contribution in [0.25, 0.3) is 0 Å². The second kappa shape index (κ2) is 5.32. The van der Waals surface area contributed by atoms with Gasteiger partial charge in [-0.15, -0.1) is 5.10 Å². The summed E-state index contributed by atoms with van der Waals surface area (Å²) in [4.78, 5) is 0. The van der Waals surface area contributed by atoms with Crippen LogP contribution < -0.4 is 10.1 Å². The lowest BCUT2D eigenvalue weighted by molar-refractivity contribution is 0.0604. The largest absolute Gasteiger partial charge is 0.472 e. The summed E-state index contributed by atoms with van der Waals surface area (Å²) in [6, 6.07) is 2.15. The molecule has 1 saturated carbocycles. The molecule has 1 aliphatic carbocycles. The molecule has 5 heteroatoms. The Morgan fingerprint density at radius 1 is 1.39 bits per heavy atom. The summed E-state index contributed by atoms with van der Waals surface area (Å²) in [5.74, 6) is 1.05. The van der Waals surface area contributed by atoms with Crippen molar-refractivity contribution < 1.29 is 4.74 Å². The minimum absolute atomic E-state index is 0.173. The Bertz CT molecular complexity index is 475. The second-order valence-corrected chi connectivity index (χ2v) is 4.84. The van der Waals surface area contributed by atoms with Crippen LogP contribution >= 0.6 is 0 Å². The van der Waals surface area contributed by atoms with Crippen LogP contribution in [0.15, 0.2) is 0 Å². The quantitative estimate of drug-likeness (QED) is 0.868. The van der Waals surface area contributed by atoms with E-state index in [1.54, 1.807) is 0 Å². The van der Waals surface area contributed by atoms with Crippen LogP contribution in [0.2, 0.25) is 0 Å². The zero-order chi connectivity index (χ0) is 13.1. The van der Waals surface area contributed by atoms with E-state index in [1.165, 1.54) is 0 Å². The normalized spacial score (nSPS) is 22.1. The molecule has 18 heavy (non-hydrogen) atoms. The highest BCUT2D eigenvalue weighted by Gasteiger charge is 2.31. The Morgan fingerprint density at radius 3 is 2.72 bits per heavy atom. The summed E-state index contributed by atoms with van der Waals surface area (Å²) < 4.78 is 5.76. The predicted octanol–water partition coefficient (Wildman–Crippen LogP) is 1.34. The molecule has 2 rings (SSSR count). The van der Waals surface area contributed by atoms with E-state index in [0.29, 0.717) is 17.4 Å². The fourth-order valence-corrected chi connectivity index (χ4v) is 2.18. The van der Waals surface area contributed by atoms with E-state index in [-0.39, 0.29) is 6.10 Å². The summed E-state index contributed by atoms with van der Waals surface area (Å²) in [5.41, 5.74) is 2.15. The summed E-state index contributed by atoms with van der Waals surface area (Å²) in [6.45, 7) is 4.74. The van der Waals surface area contributed by atoms with Crippen LogP contribution in [0.3, 0.4) is 0 Å². The molecular weight excluding hydrogens is 228 g/mol. The molecule has 1 fully saturated rings. The van der Waals surface area contributed by atoms with Gasteiger partial charge in [0.05, 0.1) is 5.69 Å². The molecule has 0 unspecified atom stereocenters. The maximum atomic E-state index is 9.16. The third-order valence-electron chi connectivity index (χ3n) is 3.50. The Balaban J connectivity index is 2.03. The molecule has 1 heterocycles. The van der Waals surface area contributed by atoms with Crippen molar-refractivity contribution in [1.29, 1.82) is 5.26 Å². The lowest BCUT2D eigenvalue weighted by Crippen LogP contribution is -2.39. The zero-order valence-corrected chi connectivity index (χ0v) is 11.0. The van der Waals surface area contributed by atoms with Gasteiger partial charge in [-0.1, -0.05) is 0 Å². The molecule has 0 spiro atoms. The number of hydrogen-bond acceptors (Lipinski definition) is 5. The van der Waals surface area contributed by atoms with E-state index >= 15 is 0 Å². The van der Waals surface area contributed by atoms with Crippen molar-refractivity contribution in [2.75, 3.05) is 13.6 Å². The maximum absolute atomic E-state index is 9.16. The molecule has 0 radical (unpaired) electrons. The van der Waals surface area contributed by atoms with E-state index in [9.17, 15) is 0 Å². The summed E-state index contributed by atoms with van der Waals surface area (Å²) in [7, 11) is 1.96. The summed E-state index contributed by atoms with van der Waals surface area (Å²) in [5, 5.41) is 20.3. The summed E-state index contributed by atoms with van der Waals surface area (Å²) >= 11 is 0. The van der Waals surface area contributed by atoms with Gasteiger partial charge in [0.1, 0.15) is 17.7 Å². The van der Waals surface area contributed by atoms with Gasteiger partial charge >= 0.3 is 0 Å². The number of hydrogen-bond donors (Lipinski definition) is 1. The van der Waals surface area contributed by atoms with E-state index < -0.39 is 0 Å². The number of ether oxygens (including phenoxy) is 1. The van der Waals surface area contributed by atoms with Crippen molar-refractivity contribution in [1.82, 2.24) is 15.5 Å². The molecule has 1 aliphatic rings. The highest BCUT2D eigenvalue weighted by atomic mass is 16.5. The van der Waals surface area contributed by atoms with Crippen molar-refractivity contribution in [3.63, 3.8) is 0 Å². The SMILES string of the molecule is CNCC1CC(Oc2nnc(C)c(C)c2C#N)C1. The van der Waals surface area contributed by atoms with Crippen molar-refractivity contribution in [3.8, 4) is 11.9 Å². The van der Waals surface area contributed by atoms with Gasteiger partial charge in [-0.2, -0.15) is 10.4 Å². The minimum Gasteiger partial charge on any atom is -0.472 e. The van der Waals surface area contributed by atoms with Gasteiger partial charge in [-0.05, 0) is 51.8 Å². The van der Waals surface area contributed by atoms with Gasteiger partial charge in [0.15, 0.2) is 0 Å². The number of aryl methyl sites for hydroxylation is 1. The van der Waals surface area contributed by atoms with Gasteiger partial charge in [-0.25, -0.2) is 0 Å². The number of aromatic nitrogens is 2. The highest BCUT2D eigenvalue weighted by Crippen LogP contribution is 2.31. The van der Waals surface area contributed by atoms with Gasteiger partial charge in [0, 0.05) is 0 Å². The van der Waals surface area contributed by atoms with E-state index in [2.05, 4.69) is 21.6 Å². The molecule has 0 saturated heterocycles. The molecule has 0 bridgehead atoms. The fraction of sp³-hybridized carbons (Fsp3) is 0.615. The topological polar surface area (TPSA) is 70.8 Å². The van der Waals surface area contributed by atoms with Crippen LogP contribution in [-0.4, -0.2) is 29.9 Å². The molecular formula is C13H18N4O. The van der Waals surface area contributed by atoms with Gasteiger partial charge < -0.3 is 10.1 Å². The molecule has 0 aromatic carbocycles. The first-order valence-corrected chi connectivity index (χ1v) is 6.21. The fourth-order valence-electron chi connectivity index (χ4n) is 2.18. The molecule has 1 aromatic heterocycles. The van der Waals surface area contributed by atoms with Crippen LogP contribution in [0.4, 0.5) is 0 Å². The standard InChI is InChI=1S/C13H18N4O/c1-8-9(2)16-17-13(12(8)6-14)18-11-4-10(5-11)7-15-3/h10-11,15H,4-5,7H2,1-3H3. The van der Waals surface area contributed by atoms with Crippen LogP contribution in [-0.2, 0) is 0 Å². The number of nitrogens with zero attached hydrogens (tertiary/aromatic N) is 3. The second-order valence-electron chi connectivity index (χ2n) is 4.84. The Kier molecular flexibility index (Phi) is 3.78. The number of rotatable bonds is 4. The Hall–Kier alpha value is -1.67. The summed E-state index contributed by atoms with van der Waals surface area (Å²) in [6.07, 6.45) is 2.20. The van der Waals surface area contributed by atoms with E-state index in [1.807, 2.05) is 20.9 Å². The first-order valence-electron chi connectivity index (χ1n) is 6.21. The third-order valence-corrected chi connectivity index (χ3v) is 3.50. The van der Waals surface area contributed by atoms with Gasteiger partial charge in [0.2, 0.25) is 0 Å². The highest BCUT2D eigenvalue weighted by molar-refractivity contribution is 5.45. The lowest BCUT2D eigenvalue weighted by atomic mass is 9.82. The predicted molar refractivity (Wildman–Crippen MR) is 67.3 cm³/mol. The first kappa shape index (κ1) is 12.8. The Labute approximate surface area is 107 Å². The van der Waals surface area contributed by atoms with Crippen LogP contribution in [0.5, 0.6) is 5.88 Å². The molecule has 5 nitrogen and oxygen atoms in total. The van der Waals surface area contributed by atoms with Crippen LogP contribution in [0.1, 0.15) is 29.7 Å². The van der Waals surface area contributed by atoms with Crippen molar-refractivity contribution in [2.45, 2.75) is 32.8 Å². The average molecular weight is 246 g/mol. The number of nitriles is 1. The smallest absolute Gasteiger partial charge is 0.252 e. The number of nitrogens with one attached hydrogen (secondary N) is 1. The molecule has 0 amide bonds. The van der Waals surface area contributed by atoms with Gasteiger partial charge in [0.25, 0.3) is 5.88 Å². The van der Waals surface area contributed by atoms with Crippen molar-refractivity contribution in [3.05, 3.63) is 16.8 Å². The monoisotopic (exact) mass is 246 g/mol. The average Bonchev–Trinajstić information content (AvgIpc) is 2.31. The maximum Gasteiger partial charge on any atom is 0.252 e. The molecule has 1 aromatic rings. The van der Waals surface area contributed by atoms with Crippen molar-refractivity contribution >= 4 is 0 Å². The third kappa shape index (κ3) is 2.44. The van der Waals surface area contributed by atoms with Crippen molar-refractivity contribution in [2.24, 2.45) is 5.92 Å². The zero-order valence-electron chi connectivity index (χ0n) is 11.0. The molecule has 96 valence electrons. The van der Waals surface area contributed by atoms with E-state index in [4.69, 9.17) is 10.00 Å². The van der Waals surface area contributed by atoms with Crippen LogP contribution in [0, 0.1) is 31.1 Å². The first-order chi connectivity index (χ1) is 8.65. The Morgan fingerprint density at radius 2 is 2.11 bits per heavy atom. The lowest BCUT2D eigenvalue weighted by Gasteiger charge is -2.34.